The monoisotopic (exact) mass is 407 g/mol. The number of amides is 2. The highest BCUT2D eigenvalue weighted by Crippen LogP contribution is 2.37. The third-order valence-electron chi connectivity index (χ3n) is 6.18. The van der Waals surface area contributed by atoms with E-state index in [0.29, 0.717) is 34.5 Å². The van der Waals surface area contributed by atoms with Gasteiger partial charge < -0.3 is 15.2 Å². The number of carbonyl (C=O) groups excluding carboxylic acids is 3. The molecule has 0 bridgehead atoms. The van der Waals surface area contributed by atoms with Crippen LogP contribution in [0.1, 0.15) is 82.0 Å². The van der Waals surface area contributed by atoms with Crippen molar-refractivity contribution in [2.45, 2.75) is 52.9 Å². The van der Waals surface area contributed by atoms with Crippen LogP contribution in [0.4, 0.5) is 5.69 Å². The number of hydrogen-bond donors (Lipinski definition) is 2. The smallest absolute Gasteiger partial charge is 0.272 e. The van der Waals surface area contributed by atoms with E-state index < -0.39 is 0 Å². The molecule has 1 aromatic heterocycles. The van der Waals surface area contributed by atoms with Crippen LogP contribution in [-0.2, 0) is 6.42 Å². The van der Waals surface area contributed by atoms with Crippen molar-refractivity contribution in [3.63, 3.8) is 0 Å². The molecule has 1 aliphatic heterocycles. The van der Waals surface area contributed by atoms with E-state index in [2.05, 4.69) is 24.1 Å². The number of nitrogens with one attached hydrogen (secondary N) is 2. The summed E-state index contributed by atoms with van der Waals surface area (Å²) in [5, 5.41) is 2.90. The molecule has 2 aromatic rings. The van der Waals surface area contributed by atoms with Gasteiger partial charge >= 0.3 is 0 Å². The number of H-pyrrole nitrogens is 1. The Morgan fingerprint density at radius 1 is 1.07 bits per heavy atom. The molecule has 2 aliphatic rings. The predicted octanol–water partition coefficient (Wildman–Crippen LogP) is 4.36. The lowest BCUT2D eigenvalue weighted by Crippen LogP contribution is -2.36. The van der Waals surface area contributed by atoms with Gasteiger partial charge in [0.05, 0.1) is 11.3 Å². The first-order valence-electron chi connectivity index (χ1n) is 10.7. The molecule has 2 heterocycles. The number of hydrogen-bond acceptors (Lipinski definition) is 3. The van der Waals surface area contributed by atoms with Crippen molar-refractivity contribution in [1.82, 2.24) is 9.88 Å². The van der Waals surface area contributed by atoms with Gasteiger partial charge in [0.2, 0.25) is 0 Å². The van der Waals surface area contributed by atoms with E-state index in [-0.39, 0.29) is 23.0 Å². The molecule has 2 amide bonds. The van der Waals surface area contributed by atoms with E-state index in [1.807, 2.05) is 17.9 Å². The van der Waals surface area contributed by atoms with Crippen molar-refractivity contribution >= 4 is 23.3 Å². The minimum Gasteiger partial charge on any atom is -0.354 e. The van der Waals surface area contributed by atoms with E-state index in [9.17, 15) is 14.4 Å². The molecule has 1 aliphatic carbocycles. The Kier molecular flexibility index (Phi) is 5.26. The second-order valence-electron chi connectivity index (χ2n) is 9.27. The average Bonchev–Trinajstić information content (AvgIpc) is 3.04. The van der Waals surface area contributed by atoms with Crippen molar-refractivity contribution in [3.8, 4) is 0 Å². The van der Waals surface area contributed by atoms with Gasteiger partial charge in [-0.25, -0.2) is 0 Å². The summed E-state index contributed by atoms with van der Waals surface area (Å²) in [6.45, 7) is 7.44. The van der Waals surface area contributed by atoms with Crippen LogP contribution >= 0.6 is 0 Å². The van der Waals surface area contributed by atoms with E-state index in [0.717, 1.165) is 44.5 Å². The molecule has 1 saturated heterocycles. The third kappa shape index (κ3) is 3.78. The van der Waals surface area contributed by atoms with Crippen molar-refractivity contribution in [2.24, 2.45) is 5.41 Å². The van der Waals surface area contributed by atoms with E-state index >= 15 is 0 Å². The molecule has 4 rings (SSSR count). The zero-order valence-corrected chi connectivity index (χ0v) is 17.9. The summed E-state index contributed by atoms with van der Waals surface area (Å²) in [6, 6.07) is 7.13. The molecule has 0 saturated carbocycles. The number of benzene rings is 1. The minimum atomic E-state index is -0.327. The van der Waals surface area contributed by atoms with Crippen LogP contribution in [0.3, 0.4) is 0 Å². The number of aromatic nitrogens is 1. The number of para-hydroxylation sites is 1. The maximum absolute atomic E-state index is 13.1. The number of anilines is 1. The number of carbonyl (C=O) groups is 3. The second-order valence-corrected chi connectivity index (χ2v) is 9.27. The van der Waals surface area contributed by atoms with Crippen LogP contribution in [0.2, 0.25) is 0 Å². The Morgan fingerprint density at radius 2 is 1.77 bits per heavy atom. The zero-order chi connectivity index (χ0) is 21.5. The van der Waals surface area contributed by atoms with Crippen LogP contribution in [0.25, 0.3) is 0 Å². The van der Waals surface area contributed by atoms with Gasteiger partial charge in [-0.1, -0.05) is 26.0 Å². The molecule has 158 valence electrons. The summed E-state index contributed by atoms with van der Waals surface area (Å²) in [7, 11) is 0. The summed E-state index contributed by atoms with van der Waals surface area (Å²) >= 11 is 0. The van der Waals surface area contributed by atoms with Gasteiger partial charge in [0.15, 0.2) is 5.78 Å². The Bertz CT molecular complexity index is 1010. The fourth-order valence-electron chi connectivity index (χ4n) is 4.69. The predicted molar refractivity (Wildman–Crippen MR) is 116 cm³/mol. The van der Waals surface area contributed by atoms with Crippen LogP contribution in [-0.4, -0.2) is 40.6 Å². The first-order valence-corrected chi connectivity index (χ1v) is 10.7. The van der Waals surface area contributed by atoms with Gasteiger partial charge in [-0.15, -0.1) is 0 Å². The minimum absolute atomic E-state index is 0.0509. The van der Waals surface area contributed by atoms with Crippen LogP contribution in [0, 0.1) is 12.3 Å². The van der Waals surface area contributed by atoms with E-state index in [1.54, 1.807) is 18.2 Å². The molecular formula is C24H29N3O3. The SMILES string of the molecule is Cc1c(C(=O)Nc2ccccc2C(=O)N2CCCCC2)[nH]c2c1C(=O)CC(C)(C)C2. The second kappa shape index (κ2) is 7.74. The number of aromatic amines is 1. The van der Waals surface area contributed by atoms with Gasteiger partial charge in [-0.2, -0.15) is 0 Å². The van der Waals surface area contributed by atoms with Crippen molar-refractivity contribution in [2.75, 3.05) is 18.4 Å². The number of rotatable bonds is 3. The molecule has 6 nitrogen and oxygen atoms in total. The molecule has 1 aromatic carbocycles. The third-order valence-corrected chi connectivity index (χ3v) is 6.18. The van der Waals surface area contributed by atoms with Gasteiger partial charge in [0.1, 0.15) is 5.69 Å². The molecule has 0 radical (unpaired) electrons. The topological polar surface area (TPSA) is 82.3 Å². The molecule has 0 atom stereocenters. The molecular weight excluding hydrogens is 378 g/mol. The fraction of sp³-hybridized carbons (Fsp3) is 0.458. The number of piperidine rings is 1. The molecule has 2 N–H and O–H groups in total. The Hall–Kier alpha value is -2.89. The largest absolute Gasteiger partial charge is 0.354 e. The summed E-state index contributed by atoms with van der Waals surface area (Å²) in [6.07, 6.45) is 4.38. The van der Waals surface area contributed by atoms with Crippen LogP contribution < -0.4 is 5.32 Å². The van der Waals surface area contributed by atoms with Gasteiger partial charge in [-0.05, 0) is 55.7 Å². The first kappa shape index (κ1) is 20.4. The Balaban J connectivity index is 1.60. The summed E-state index contributed by atoms with van der Waals surface area (Å²) < 4.78 is 0. The highest BCUT2D eigenvalue weighted by molar-refractivity contribution is 6.11. The maximum Gasteiger partial charge on any atom is 0.272 e. The molecule has 30 heavy (non-hydrogen) atoms. The lowest BCUT2D eigenvalue weighted by Gasteiger charge is -2.28. The Morgan fingerprint density at radius 3 is 2.50 bits per heavy atom. The number of nitrogens with zero attached hydrogens (tertiary/aromatic N) is 1. The normalized spacial score (nSPS) is 18.1. The molecule has 0 unspecified atom stereocenters. The summed E-state index contributed by atoms with van der Waals surface area (Å²) in [4.78, 5) is 43.8. The van der Waals surface area contributed by atoms with Crippen molar-refractivity contribution in [3.05, 3.63) is 52.3 Å². The van der Waals surface area contributed by atoms with Crippen LogP contribution in [0.5, 0.6) is 0 Å². The number of likely N-dealkylation sites (tertiary alicyclic amines) is 1. The van der Waals surface area contributed by atoms with Gasteiger partial charge in [0.25, 0.3) is 11.8 Å². The molecule has 6 heteroatoms. The van der Waals surface area contributed by atoms with E-state index in [4.69, 9.17) is 0 Å². The molecule has 0 spiro atoms. The fourth-order valence-corrected chi connectivity index (χ4v) is 4.69. The first-order chi connectivity index (χ1) is 14.3. The summed E-state index contributed by atoms with van der Waals surface area (Å²) in [5.74, 6) is -0.300. The van der Waals surface area contributed by atoms with Crippen molar-refractivity contribution in [1.29, 1.82) is 0 Å². The number of ketones is 1. The van der Waals surface area contributed by atoms with Gasteiger partial charge in [-0.3, -0.25) is 14.4 Å². The number of Topliss-reactive ketones (excluding diaryl/α,β-unsaturated/α-hetero) is 1. The average molecular weight is 408 g/mol. The summed E-state index contributed by atoms with van der Waals surface area (Å²) in [5.41, 5.74) is 3.43. The lowest BCUT2D eigenvalue weighted by molar-refractivity contribution is 0.0725. The number of fused-ring (bicyclic) bond motifs is 1. The molecule has 1 fully saturated rings. The zero-order valence-electron chi connectivity index (χ0n) is 17.9. The quantitative estimate of drug-likeness (QED) is 0.793. The maximum atomic E-state index is 13.1. The van der Waals surface area contributed by atoms with E-state index in [1.165, 1.54) is 0 Å². The highest BCUT2D eigenvalue weighted by Gasteiger charge is 2.35. The Labute approximate surface area is 177 Å². The van der Waals surface area contributed by atoms with Crippen LogP contribution in [0.15, 0.2) is 24.3 Å². The highest BCUT2D eigenvalue weighted by atomic mass is 16.2. The lowest BCUT2D eigenvalue weighted by atomic mass is 9.75. The standard InChI is InChI=1S/C24H29N3O3/c1-15-20-18(13-24(2,3)14-19(20)28)25-21(15)22(29)26-17-10-6-5-9-16(17)23(30)27-11-7-4-8-12-27/h5-6,9-10,25H,4,7-8,11-14H2,1-3H3,(H,26,29). The van der Waals surface area contributed by atoms with Gasteiger partial charge in [0, 0.05) is 30.8 Å². The van der Waals surface area contributed by atoms with Crippen molar-refractivity contribution < 1.29 is 14.4 Å².